The average molecular weight is 509 g/mol. The van der Waals surface area contributed by atoms with E-state index in [0.29, 0.717) is 29.9 Å². The Morgan fingerprint density at radius 1 is 0.944 bits per heavy atom. The van der Waals surface area contributed by atoms with Crippen LogP contribution in [0.1, 0.15) is 44.9 Å². The number of amides is 1. The van der Waals surface area contributed by atoms with Crippen LogP contribution in [0.15, 0.2) is 42.5 Å². The van der Waals surface area contributed by atoms with E-state index in [-0.39, 0.29) is 41.9 Å². The Kier molecular flexibility index (Phi) is 6.68. The fourth-order valence-electron chi connectivity index (χ4n) is 4.04. The van der Waals surface area contributed by atoms with Gasteiger partial charge in [0.15, 0.2) is 0 Å². The zero-order valence-corrected chi connectivity index (χ0v) is 19.3. The summed E-state index contributed by atoms with van der Waals surface area (Å²) in [7, 11) is 0. The molecule has 0 bridgehead atoms. The number of carbonyl (C=O) groups is 1. The molecule has 0 saturated carbocycles. The number of hydrogen-bond acceptors (Lipinski definition) is 4. The molecule has 0 unspecified atom stereocenters. The van der Waals surface area contributed by atoms with Gasteiger partial charge in [0.1, 0.15) is 11.4 Å². The van der Waals surface area contributed by atoms with E-state index < -0.39 is 35.9 Å². The fourth-order valence-corrected chi connectivity index (χ4v) is 4.04. The summed E-state index contributed by atoms with van der Waals surface area (Å²) in [6.07, 6.45) is -9.67. The lowest BCUT2D eigenvalue weighted by Crippen LogP contribution is -2.35. The summed E-state index contributed by atoms with van der Waals surface area (Å²) >= 11 is 0. The average Bonchev–Trinajstić information content (AvgIpc) is 2.78. The molecular formula is C25H21F6N3O2. The van der Waals surface area contributed by atoms with Gasteiger partial charge in [0, 0.05) is 18.7 Å². The third kappa shape index (κ3) is 5.29. The first-order valence-electron chi connectivity index (χ1n) is 11.0. The lowest BCUT2D eigenvalue weighted by atomic mass is 10.00. The zero-order chi connectivity index (χ0) is 26.3. The highest BCUT2D eigenvalue weighted by atomic mass is 19.4. The van der Waals surface area contributed by atoms with Gasteiger partial charge < -0.3 is 9.64 Å². The molecule has 190 valence electrons. The van der Waals surface area contributed by atoms with Gasteiger partial charge in [0.05, 0.1) is 23.4 Å². The topological polar surface area (TPSA) is 55.3 Å². The summed E-state index contributed by atoms with van der Waals surface area (Å²) < 4.78 is 85.8. The van der Waals surface area contributed by atoms with Gasteiger partial charge in [-0.05, 0) is 49.6 Å². The van der Waals surface area contributed by atoms with Crippen LogP contribution < -0.4 is 4.74 Å². The summed E-state index contributed by atoms with van der Waals surface area (Å²) in [5.41, 5.74) is -1.42. The summed E-state index contributed by atoms with van der Waals surface area (Å²) in [5.74, 6) is -0.274. The molecule has 2 aromatic carbocycles. The Hall–Kier alpha value is -3.63. The van der Waals surface area contributed by atoms with Gasteiger partial charge in [-0.1, -0.05) is 24.3 Å². The van der Waals surface area contributed by atoms with Crippen molar-refractivity contribution in [2.75, 3.05) is 13.2 Å². The SMILES string of the molecule is Cc1nc2c(c(-c3ccccc3C)n1)C(=O)N(Cc1cc(C(F)(F)F)cc(C(F)(F)F)c1)CCCO2. The van der Waals surface area contributed by atoms with Crippen molar-refractivity contribution in [3.63, 3.8) is 0 Å². The van der Waals surface area contributed by atoms with E-state index in [9.17, 15) is 31.1 Å². The first-order valence-corrected chi connectivity index (χ1v) is 11.0. The highest BCUT2D eigenvalue weighted by Gasteiger charge is 2.37. The summed E-state index contributed by atoms with van der Waals surface area (Å²) in [5, 5.41) is 0. The molecule has 2 heterocycles. The number of rotatable bonds is 3. The molecule has 0 spiro atoms. The van der Waals surface area contributed by atoms with Crippen LogP contribution in [0.25, 0.3) is 11.3 Å². The zero-order valence-electron chi connectivity index (χ0n) is 19.3. The number of halogens is 6. The number of aromatic nitrogens is 2. The molecule has 5 nitrogen and oxygen atoms in total. The quantitative estimate of drug-likeness (QED) is 0.393. The highest BCUT2D eigenvalue weighted by Crippen LogP contribution is 2.37. The smallest absolute Gasteiger partial charge is 0.416 e. The molecule has 0 fully saturated rings. The predicted octanol–water partition coefficient (Wildman–Crippen LogP) is 6.22. The van der Waals surface area contributed by atoms with Crippen molar-refractivity contribution in [2.24, 2.45) is 0 Å². The van der Waals surface area contributed by atoms with E-state index in [1.54, 1.807) is 19.1 Å². The monoisotopic (exact) mass is 509 g/mol. The second kappa shape index (κ2) is 9.44. The van der Waals surface area contributed by atoms with Gasteiger partial charge in [-0.15, -0.1) is 0 Å². The minimum absolute atomic E-state index is 0.0117. The Labute approximate surface area is 202 Å². The maximum Gasteiger partial charge on any atom is 0.416 e. The van der Waals surface area contributed by atoms with E-state index in [4.69, 9.17) is 4.74 Å². The molecule has 0 saturated heterocycles. The molecule has 11 heteroatoms. The fraction of sp³-hybridized carbons (Fsp3) is 0.320. The molecule has 1 aliphatic rings. The van der Waals surface area contributed by atoms with Gasteiger partial charge in [0.2, 0.25) is 5.88 Å². The number of hydrogen-bond donors (Lipinski definition) is 0. The van der Waals surface area contributed by atoms with Crippen LogP contribution >= 0.6 is 0 Å². The minimum Gasteiger partial charge on any atom is -0.477 e. The van der Waals surface area contributed by atoms with Crippen molar-refractivity contribution in [3.05, 3.63) is 76.1 Å². The molecule has 36 heavy (non-hydrogen) atoms. The lowest BCUT2D eigenvalue weighted by Gasteiger charge is -2.28. The van der Waals surface area contributed by atoms with Crippen molar-refractivity contribution in [2.45, 2.75) is 39.2 Å². The van der Waals surface area contributed by atoms with E-state index in [0.717, 1.165) is 5.56 Å². The Morgan fingerprint density at radius 2 is 1.58 bits per heavy atom. The molecule has 3 aromatic rings. The standard InChI is InChI=1S/C25H21F6N3O2/c1-14-6-3-4-7-19(14)21-20-22(33-15(2)32-21)36-9-5-8-34(23(20)35)13-16-10-17(24(26,27)28)12-18(11-16)25(29,30)31/h3-4,6-7,10-12H,5,8-9,13H2,1-2H3. The largest absolute Gasteiger partial charge is 0.477 e. The Morgan fingerprint density at radius 3 is 2.19 bits per heavy atom. The number of carbonyl (C=O) groups excluding carboxylic acids is 1. The molecular weight excluding hydrogens is 488 g/mol. The number of benzene rings is 2. The van der Waals surface area contributed by atoms with E-state index in [1.165, 1.54) is 4.90 Å². The van der Waals surface area contributed by atoms with Gasteiger partial charge in [-0.2, -0.15) is 31.3 Å². The third-order valence-corrected chi connectivity index (χ3v) is 5.72. The number of fused-ring (bicyclic) bond motifs is 1. The summed E-state index contributed by atoms with van der Waals surface area (Å²) in [6.45, 7) is 3.19. The molecule has 0 radical (unpaired) electrons. The van der Waals surface area contributed by atoms with Crippen molar-refractivity contribution in [3.8, 4) is 17.1 Å². The number of alkyl halides is 6. The van der Waals surface area contributed by atoms with Crippen LogP contribution in [0.4, 0.5) is 26.3 Å². The third-order valence-electron chi connectivity index (χ3n) is 5.72. The predicted molar refractivity (Wildman–Crippen MR) is 118 cm³/mol. The van der Waals surface area contributed by atoms with Crippen molar-refractivity contribution in [1.82, 2.24) is 14.9 Å². The molecule has 1 amide bonds. The Balaban J connectivity index is 1.81. The van der Waals surface area contributed by atoms with Gasteiger partial charge in [-0.25, -0.2) is 4.98 Å². The van der Waals surface area contributed by atoms with Crippen LogP contribution in [0, 0.1) is 13.8 Å². The molecule has 1 aliphatic heterocycles. The summed E-state index contributed by atoms with van der Waals surface area (Å²) in [6, 6.07) is 8.49. The van der Waals surface area contributed by atoms with E-state index >= 15 is 0 Å². The second-order valence-corrected chi connectivity index (χ2v) is 8.46. The minimum atomic E-state index is -4.99. The van der Waals surface area contributed by atoms with Crippen molar-refractivity contribution in [1.29, 1.82) is 0 Å². The van der Waals surface area contributed by atoms with Gasteiger partial charge in [0.25, 0.3) is 5.91 Å². The first kappa shape index (κ1) is 25.5. The number of ether oxygens (including phenoxy) is 1. The van der Waals surface area contributed by atoms with Gasteiger partial charge >= 0.3 is 12.4 Å². The van der Waals surface area contributed by atoms with E-state index in [1.807, 2.05) is 19.1 Å². The maximum absolute atomic E-state index is 13.7. The molecule has 4 rings (SSSR count). The maximum atomic E-state index is 13.7. The first-order chi connectivity index (χ1) is 16.8. The lowest BCUT2D eigenvalue weighted by molar-refractivity contribution is -0.143. The normalized spacial score (nSPS) is 14.7. The van der Waals surface area contributed by atoms with Crippen molar-refractivity contribution < 1.29 is 35.9 Å². The second-order valence-electron chi connectivity index (χ2n) is 8.46. The van der Waals surface area contributed by atoms with Crippen LogP contribution in [0.3, 0.4) is 0 Å². The number of nitrogens with zero attached hydrogens (tertiary/aromatic N) is 3. The van der Waals surface area contributed by atoms with Crippen LogP contribution in [-0.2, 0) is 18.9 Å². The molecule has 0 N–H and O–H groups in total. The summed E-state index contributed by atoms with van der Waals surface area (Å²) in [4.78, 5) is 23.6. The van der Waals surface area contributed by atoms with Crippen LogP contribution in [0.5, 0.6) is 5.88 Å². The van der Waals surface area contributed by atoms with Gasteiger partial charge in [-0.3, -0.25) is 4.79 Å². The van der Waals surface area contributed by atoms with Crippen LogP contribution in [-0.4, -0.2) is 33.9 Å². The van der Waals surface area contributed by atoms with Crippen LogP contribution in [0.2, 0.25) is 0 Å². The molecule has 0 aliphatic carbocycles. The molecule has 1 aromatic heterocycles. The molecule has 0 atom stereocenters. The van der Waals surface area contributed by atoms with E-state index in [2.05, 4.69) is 9.97 Å². The van der Waals surface area contributed by atoms with Crippen molar-refractivity contribution >= 4 is 5.91 Å². The number of aryl methyl sites for hydroxylation is 2. The highest BCUT2D eigenvalue weighted by molar-refractivity contribution is 6.02. The Bertz CT molecular complexity index is 1270.